The number of nitrogen functional groups attached to an aromatic ring is 1. The van der Waals surface area contributed by atoms with Crippen LogP contribution in [-0.2, 0) is 6.61 Å². The molecule has 3 aromatic heterocycles. The summed E-state index contributed by atoms with van der Waals surface area (Å²) in [7, 11) is 0. The Balaban J connectivity index is 2.05. The van der Waals surface area contributed by atoms with Crippen LogP contribution in [0, 0.1) is 12.3 Å². The van der Waals surface area contributed by atoms with Gasteiger partial charge in [0, 0.05) is 11.9 Å². The minimum Gasteiger partial charge on any atom is -0.392 e. The highest BCUT2D eigenvalue weighted by atomic mass is 16.3. The molecule has 0 saturated carbocycles. The molecule has 6 nitrogen and oxygen atoms in total. The lowest BCUT2D eigenvalue weighted by atomic mass is 10.2. The van der Waals surface area contributed by atoms with Crippen LogP contribution in [-0.4, -0.2) is 24.6 Å². The van der Waals surface area contributed by atoms with E-state index in [1.165, 1.54) is 0 Å². The molecule has 0 atom stereocenters. The van der Waals surface area contributed by atoms with E-state index in [0.717, 1.165) is 11.3 Å². The van der Waals surface area contributed by atoms with Crippen molar-refractivity contribution in [2.75, 3.05) is 5.73 Å². The second kappa shape index (κ2) is 6.31. The molecule has 4 rings (SSSR count). The van der Waals surface area contributed by atoms with E-state index >= 15 is 0 Å². The van der Waals surface area contributed by atoms with Crippen LogP contribution in [0.4, 0.5) is 5.82 Å². The zero-order valence-electron chi connectivity index (χ0n) is 13.8. The Morgan fingerprint density at radius 2 is 1.88 bits per heavy atom. The minimum atomic E-state index is -0.0210. The highest BCUT2D eigenvalue weighted by molar-refractivity contribution is 5.83. The Labute approximate surface area is 150 Å². The highest BCUT2D eigenvalue weighted by Gasteiger charge is 2.18. The number of anilines is 1. The maximum absolute atomic E-state index is 9.29. The van der Waals surface area contributed by atoms with Crippen LogP contribution in [0.25, 0.3) is 28.2 Å². The normalized spacial score (nSPS) is 10.8. The molecule has 0 saturated heterocycles. The Kier molecular flexibility index (Phi) is 3.84. The van der Waals surface area contributed by atoms with E-state index < -0.39 is 0 Å². The van der Waals surface area contributed by atoms with Gasteiger partial charge in [-0.3, -0.25) is 4.57 Å². The number of aliphatic hydroxyl groups is 1. The van der Waals surface area contributed by atoms with Gasteiger partial charge in [0.05, 0.1) is 12.2 Å². The van der Waals surface area contributed by atoms with Gasteiger partial charge in [-0.05, 0) is 42.0 Å². The van der Waals surface area contributed by atoms with Crippen molar-refractivity contribution in [3.05, 3.63) is 66.0 Å². The third-order valence-electron chi connectivity index (χ3n) is 4.11. The third-order valence-corrected chi connectivity index (χ3v) is 4.11. The number of terminal acetylenes is 1. The number of rotatable bonds is 3. The van der Waals surface area contributed by atoms with Crippen molar-refractivity contribution < 1.29 is 5.11 Å². The van der Waals surface area contributed by atoms with Gasteiger partial charge in [0.2, 0.25) is 0 Å². The fourth-order valence-corrected chi connectivity index (χ4v) is 2.82. The quantitative estimate of drug-likeness (QED) is 0.559. The van der Waals surface area contributed by atoms with Crippen molar-refractivity contribution in [1.82, 2.24) is 19.5 Å². The lowest BCUT2D eigenvalue weighted by Gasteiger charge is -2.10. The summed E-state index contributed by atoms with van der Waals surface area (Å²) in [5.74, 6) is 3.57. The molecule has 126 valence electrons. The van der Waals surface area contributed by atoms with E-state index in [1.807, 2.05) is 47.0 Å². The summed E-state index contributed by atoms with van der Waals surface area (Å²) in [6.45, 7) is -0.0210. The van der Waals surface area contributed by atoms with Gasteiger partial charge in [-0.1, -0.05) is 18.1 Å². The molecular formula is C20H15N5O. The van der Waals surface area contributed by atoms with Crippen molar-refractivity contribution in [1.29, 1.82) is 0 Å². The molecule has 0 bridgehead atoms. The summed E-state index contributed by atoms with van der Waals surface area (Å²) >= 11 is 0. The van der Waals surface area contributed by atoms with Crippen LogP contribution >= 0.6 is 0 Å². The van der Waals surface area contributed by atoms with Crippen molar-refractivity contribution in [3.63, 3.8) is 0 Å². The van der Waals surface area contributed by atoms with Crippen LogP contribution in [0.2, 0.25) is 0 Å². The zero-order chi connectivity index (χ0) is 18.1. The SMILES string of the molecule is C#Cc1ccc2nc(-c3cccnc3N)n(-c3ccc(CO)cc3)c2n1. The summed E-state index contributed by atoms with van der Waals surface area (Å²) in [6, 6.07) is 14.8. The fourth-order valence-electron chi connectivity index (χ4n) is 2.82. The molecule has 6 heteroatoms. The first-order valence-electron chi connectivity index (χ1n) is 7.98. The summed E-state index contributed by atoms with van der Waals surface area (Å²) < 4.78 is 1.89. The first-order valence-corrected chi connectivity index (χ1v) is 7.98. The van der Waals surface area contributed by atoms with Crippen molar-refractivity contribution in [2.24, 2.45) is 0 Å². The zero-order valence-corrected chi connectivity index (χ0v) is 13.8. The first kappa shape index (κ1) is 15.8. The van der Waals surface area contributed by atoms with Gasteiger partial charge in [-0.25, -0.2) is 15.0 Å². The average molecular weight is 341 g/mol. The maximum Gasteiger partial charge on any atom is 0.166 e. The van der Waals surface area contributed by atoms with E-state index in [9.17, 15) is 5.11 Å². The minimum absolute atomic E-state index is 0.0210. The van der Waals surface area contributed by atoms with E-state index in [1.54, 1.807) is 12.3 Å². The van der Waals surface area contributed by atoms with E-state index in [2.05, 4.69) is 15.9 Å². The number of hydrogen-bond acceptors (Lipinski definition) is 5. The predicted molar refractivity (Wildman–Crippen MR) is 100 cm³/mol. The molecule has 26 heavy (non-hydrogen) atoms. The third kappa shape index (κ3) is 2.57. The van der Waals surface area contributed by atoms with Gasteiger partial charge in [-0.2, -0.15) is 0 Å². The summed E-state index contributed by atoms with van der Waals surface area (Å²) in [6.07, 6.45) is 7.15. The monoisotopic (exact) mass is 341 g/mol. The topological polar surface area (TPSA) is 89.8 Å². The molecule has 3 N–H and O–H groups in total. The molecule has 0 aliphatic carbocycles. The summed E-state index contributed by atoms with van der Waals surface area (Å²) in [5.41, 5.74) is 10.3. The molecular weight excluding hydrogens is 326 g/mol. The lowest BCUT2D eigenvalue weighted by Crippen LogP contribution is -2.02. The van der Waals surface area contributed by atoms with Crippen LogP contribution in [0.5, 0.6) is 0 Å². The predicted octanol–water partition coefficient (Wildman–Crippen LogP) is 2.54. The molecule has 0 aliphatic heterocycles. The number of imidazole rings is 1. The molecule has 3 heterocycles. The van der Waals surface area contributed by atoms with Crippen molar-refractivity contribution in [3.8, 4) is 29.4 Å². The number of aromatic nitrogens is 4. The molecule has 4 aromatic rings. The standard InChI is InChI=1S/C20H15N5O/c1-2-14-7-10-17-20(23-14)25(15-8-5-13(12-26)6-9-15)19(24-17)16-4-3-11-22-18(16)21/h1,3-11,26H,12H2,(H2,21,22). The summed E-state index contributed by atoms with van der Waals surface area (Å²) in [4.78, 5) is 13.4. The number of benzene rings is 1. The maximum atomic E-state index is 9.29. The lowest BCUT2D eigenvalue weighted by molar-refractivity contribution is 0.282. The van der Waals surface area contributed by atoms with Crippen molar-refractivity contribution >= 4 is 17.0 Å². The average Bonchev–Trinajstić information content (AvgIpc) is 3.06. The molecule has 0 spiro atoms. The first-order chi connectivity index (χ1) is 12.7. The molecule has 0 amide bonds. The second-order valence-corrected chi connectivity index (χ2v) is 5.72. The molecule has 0 aliphatic rings. The van der Waals surface area contributed by atoms with Crippen LogP contribution in [0.3, 0.4) is 0 Å². The van der Waals surface area contributed by atoms with Crippen molar-refractivity contribution in [2.45, 2.75) is 6.61 Å². The Morgan fingerprint density at radius 3 is 2.58 bits per heavy atom. The van der Waals surface area contributed by atoms with Crippen LogP contribution in [0.1, 0.15) is 11.3 Å². The van der Waals surface area contributed by atoms with Gasteiger partial charge < -0.3 is 10.8 Å². The van der Waals surface area contributed by atoms with E-state index in [4.69, 9.17) is 17.1 Å². The van der Waals surface area contributed by atoms with Gasteiger partial charge >= 0.3 is 0 Å². The summed E-state index contributed by atoms with van der Waals surface area (Å²) in [5, 5.41) is 9.29. The Hall–Kier alpha value is -3.69. The van der Waals surface area contributed by atoms with Gasteiger partial charge in [0.1, 0.15) is 17.0 Å². The van der Waals surface area contributed by atoms with Gasteiger partial charge in [0.25, 0.3) is 0 Å². The smallest absolute Gasteiger partial charge is 0.166 e. The van der Waals surface area contributed by atoms with Crippen LogP contribution < -0.4 is 5.73 Å². The number of pyridine rings is 2. The van der Waals surface area contributed by atoms with Gasteiger partial charge in [0.15, 0.2) is 11.5 Å². The molecule has 0 radical (unpaired) electrons. The number of fused-ring (bicyclic) bond motifs is 1. The number of nitrogens with two attached hydrogens (primary N) is 1. The number of aliphatic hydroxyl groups excluding tert-OH is 1. The van der Waals surface area contributed by atoms with E-state index in [-0.39, 0.29) is 6.61 Å². The molecule has 0 fully saturated rings. The molecule has 1 aromatic carbocycles. The second-order valence-electron chi connectivity index (χ2n) is 5.72. The highest BCUT2D eigenvalue weighted by Crippen LogP contribution is 2.30. The number of nitrogens with zero attached hydrogens (tertiary/aromatic N) is 4. The Bertz CT molecular complexity index is 1140. The number of hydrogen-bond donors (Lipinski definition) is 2. The fraction of sp³-hybridized carbons (Fsp3) is 0.0500. The Morgan fingerprint density at radius 1 is 1.08 bits per heavy atom. The van der Waals surface area contributed by atoms with Crippen LogP contribution in [0.15, 0.2) is 54.7 Å². The van der Waals surface area contributed by atoms with Gasteiger partial charge in [-0.15, -0.1) is 6.42 Å². The largest absolute Gasteiger partial charge is 0.392 e. The molecule has 0 unspecified atom stereocenters. The van der Waals surface area contributed by atoms with E-state index in [0.29, 0.717) is 34.1 Å².